The highest BCUT2D eigenvalue weighted by Gasteiger charge is 2.15. The van der Waals surface area contributed by atoms with Gasteiger partial charge in [-0.05, 0) is 6.07 Å². The largest absolute Gasteiger partial charge is 0.351 e. The number of aromatic amines is 1. The Kier molecular flexibility index (Phi) is 4.88. The Hall–Kier alpha value is -2.26. The molecule has 0 radical (unpaired) electrons. The van der Waals surface area contributed by atoms with Gasteiger partial charge < -0.3 is 5.32 Å². The predicted molar refractivity (Wildman–Crippen MR) is 81.6 cm³/mol. The minimum atomic E-state index is -3.25. The Bertz CT molecular complexity index is 743. The number of aromatic nitrogens is 3. The smallest absolute Gasteiger partial charge is 0.252 e. The number of rotatable bonds is 6. The van der Waals surface area contributed by atoms with Gasteiger partial charge in [-0.15, -0.1) is 0 Å². The van der Waals surface area contributed by atoms with E-state index in [9.17, 15) is 13.2 Å². The summed E-state index contributed by atoms with van der Waals surface area (Å²) in [6.07, 6.45) is 2.49. The molecule has 118 valence electrons. The van der Waals surface area contributed by atoms with E-state index in [0.717, 1.165) is 6.26 Å². The van der Waals surface area contributed by atoms with Gasteiger partial charge in [0.1, 0.15) is 6.33 Å². The summed E-state index contributed by atoms with van der Waals surface area (Å²) in [5, 5.41) is 9.18. The minimum absolute atomic E-state index is 0.203. The molecule has 0 unspecified atom stereocenters. The van der Waals surface area contributed by atoms with Gasteiger partial charge in [-0.25, -0.2) is 17.7 Å². The number of carbonyl (C=O) groups excluding carboxylic acids is 1. The molecule has 2 rings (SSSR count). The van der Waals surface area contributed by atoms with Crippen LogP contribution in [0.1, 0.15) is 10.4 Å². The summed E-state index contributed by atoms with van der Waals surface area (Å²) >= 11 is 0. The van der Waals surface area contributed by atoms with Crippen molar-refractivity contribution in [1.82, 2.24) is 24.8 Å². The summed E-state index contributed by atoms with van der Waals surface area (Å²) < 4.78 is 23.7. The highest BCUT2D eigenvalue weighted by molar-refractivity contribution is 7.88. The number of benzene rings is 1. The van der Waals surface area contributed by atoms with E-state index in [0.29, 0.717) is 17.0 Å². The van der Waals surface area contributed by atoms with E-state index in [4.69, 9.17) is 0 Å². The SMILES string of the molecule is CN(CCNC(=O)c1ccccc1-c1ncn[nH]1)S(C)(=O)=O. The lowest BCUT2D eigenvalue weighted by molar-refractivity contribution is 0.0953. The first kappa shape index (κ1) is 16.1. The first-order valence-corrected chi connectivity index (χ1v) is 8.38. The van der Waals surface area contributed by atoms with E-state index in [-0.39, 0.29) is 19.0 Å². The van der Waals surface area contributed by atoms with Gasteiger partial charge in [0.25, 0.3) is 5.91 Å². The van der Waals surface area contributed by atoms with Crippen LogP contribution in [0.2, 0.25) is 0 Å². The van der Waals surface area contributed by atoms with E-state index < -0.39 is 10.0 Å². The first-order chi connectivity index (χ1) is 10.4. The van der Waals surface area contributed by atoms with Crippen molar-refractivity contribution in [3.05, 3.63) is 36.2 Å². The van der Waals surface area contributed by atoms with Crippen molar-refractivity contribution in [2.24, 2.45) is 0 Å². The van der Waals surface area contributed by atoms with Gasteiger partial charge in [0.15, 0.2) is 5.82 Å². The van der Waals surface area contributed by atoms with Crippen LogP contribution in [-0.2, 0) is 10.0 Å². The molecule has 22 heavy (non-hydrogen) atoms. The van der Waals surface area contributed by atoms with E-state index in [2.05, 4.69) is 20.5 Å². The second-order valence-corrected chi connectivity index (χ2v) is 6.81. The lowest BCUT2D eigenvalue weighted by Crippen LogP contribution is -2.35. The molecule has 2 N–H and O–H groups in total. The fourth-order valence-corrected chi connectivity index (χ4v) is 2.23. The Balaban J connectivity index is 2.05. The van der Waals surface area contributed by atoms with Crippen LogP contribution >= 0.6 is 0 Å². The summed E-state index contributed by atoms with van der Waals surface area (Å²) in [5.74, 6) is 0.202. The quantitative estimate of drug-likeness (QED) is 0.783. The monoisotopic (exact) mass is 323 g/mol. The molecule has 0 saturated carbocycles. The lowest BCUT2D eigenvalue weighted by Gasteiger charge is -2.14. The first-order valence-electron chi connectivity index (χ1n) is 6.54. The second-order valence-electron chi connectivity index (χ2n) is 4.72. The molecule has 2 aromatic rings. The highest BCUT2D eigenvalue weighted by Crippen LogP contribution is 2.19. The molecule has 1 aromatic heterocycles. The summed E-state index contributed by atoms with van der Waals surface area (Å²) in [4.78, 5) is 16.3. The molecule has 0 bridgehead atoms. The number of likely N-dealkylation sites (N-methyl/N-ethyl adjacent to an activating group) is 1. The van der Waals surface area contributed by atoms with Gasteiger partial charge >= 0.3 is 0 Å². The van der Waals surface area contributed by atoms with E-state index >= 15 is 0 Å². The number of sulfonamides is 1. The maximum Gasteiger partial charge on any atom is 0.252 e. The van der Waals surface area contributed by atoms with Gasteiger partial charge in [0.05, 0.1) is 11.8 Å². The predicted octanol–water partition coefficient (Wildman–Crippen LogP) is 0.0929. The molecule has 0 saturated heterocycles. The summed E-state index contributed by atoms with van der Waals surface area (Å²) in [5.41, 5.74) is 1.08. The van der Waals surface area contributed by atoms with Crippen LogP contribution in [0.15, 0.2) is 30.6 Å². The maximum absolute atomic E-state index is 12.3. The Labute approximate surface area is 128 Å². The summed E-state index contributed by atoms with van der Waals surface area (Å²) in [6.45, 7) is 0.419. The van der Waals surface area contributed by atoms with Crippen molar-refractivity contribution in [1.29, 1.82) is 0 Å². The van der Waals surface area contributed by atoms with Gasteiger partial charge in [-0.3, -0.25) is 9.89 Å². The molecule has 1 aromatic carbocycles. The van der Waals surface area contributed by atoms with E-state index in [1.54, 1.807) is 24.3 Å². The molecule has 0 spiro atoms. The van der Waals surface area contributed by atoms with Gasteiger partial charge in [0.2, 0.25) is 10.0 Å². The Morgan fingerprint density at radius 1 is 1.36 bits per heavy atom. The maximum atomic E-state index is 12.3. The minimum Gasteiger partial charge on any atom is -0.351 e. The molecular weight excluding hydrogens is 306 g/mol. The fourth-order valence-electron chi connectivity index (χ4n) is 1.81. The highest BCUT2D eigenvalue weighted by atomic mass is 32.2. The van der Waals surface area contributed by atoms with Crippen molar-refractivity contribution in [2.75, 3.05) is 26.4 Å². The fraction of sp³-hybridized carbons (Fsp3) is 0.308. The van der Waals surface area contributed by atoms with E-state index in [1.807, 2.05) is 0 Å². The van der Waals surface area contributed by atoms with Crippen molar-refractivity contribution in [2.45, 2.75) is 0 Å². The van der Waals surface area contributed by atoms with Crippen LogP contribution in [-0.4, -0.2) is 60.2 Å². The number of amides is 1. The van der Waals surface area contributed by atoms with Gasteiger partial charge in [0, 0.05) is 25.7 Å². The second kappa shape index (κ2) is 6.67. The van der Waals surface area contributed by atoms with Crippen molar-refractivity contribution in [3.8, 4) is 11.4 Å². The van der Waals surface area contributed by atoms with Crippen LogP contribution in [0.3, 0.4) is 0 Å². The molecule has 1 heterocycles. The molecule has 8 nitrogen and oxygen atoms in total. The van der Waals surface area contributed by atoms with Crippen LogP contribution < -0.4 is 5.32 Å². The Morgan fingerprint density at radius 2 is 2.09 bits per heavy atom. The standard InChI is InChI=1S/C13H17N5O3S/c1-18(22(2,20)21)8-7-14-13(19)11-6-4-3-5-10(11)12-15-9-16-17-12/h3-6,9H,7-8H2,1-2H3,(H,14,19)(H,15,16,17). The number of hydrogen-bond donors (Lipinski definition) is 2. The number of hydrogen-bond acceptors (Lipinski definition) is 5. The van der Waals surface area contributed by atoms with Crippen LogP contribution in [0.4, 0.5) is 0 Å². The molecular formula is C13H17N5O3S. The summed E-state index contributed by atoms with van der Waals surface area (Å²) in [7, 11) is -1.79. The number of H-pyrrole nitrogens is 1. The zero-order valence-corrected chi connectivity index (χ0v) is 13.1. The van der Waals surface area contributed by atoms with Crippen LogP contribution in [0.5, 0.6) is 0 Å². The number of nitrogens with one attached hydrogen (secondary N) is 2. The van der Waals surface area contributed by atoms with Crippen molar-refractivity contribution in [3.63, 3.8) is 0 Å². The third-order valence-electron chi connectivity index (χ3n) is 3.12. The molecule has 0 fully saturated rings. The van der Waals surface area contributed by atoms with Crippen LogP contribution in [0, 0.1) is 0 Å². The van der Waals surface area contributed by atoms with Gasteiger partial charge in [-0.2, -0.15) is 5.10 Å². The molecule has 0 aliphatic heterocycles. The van der Waals surface area contributed by atoms with Crippen molar-refractivity contribution >= 4 is 15.9 Å². The van der Waals surface area contributed by atoms with Crippen molar-refractivity contribution < 1.29 is 13.2 Å². The van der Waals surface area contributed by atoms with Gasteiger partial charge in [-0.1, -0.05) is 18.2 Å². The normalized spacial score (nSPS) is 11.6. The molecule has 1 amide bonds. The van der Waals surface area contributed by atoms with E-state index in [1.165, 1.54) is 17.7 Å². The molecule has 0 aliphatic rings. The average Bonchev–Trinajstić information content (AvgIpc) is 3.00. The third-order valence-corrected chi connectivity index (χ3v) is 4.44. The van der Waals surface area contributed by atoms with Crippen LogP contribution in [0.25, 0.3) is 11.4 Å². The topological polar surface area (TPSA) is 108 Å². The average molecular weight is 323 g/mol. The third kappa shape index (κ3) is 3.89. The zero-order valence-electron chi connectivity index (χ0n) is 12.3. The molecule has 0 aliphatic carbocycles. The number of nitrogens with zero attached hydrogens (tertiary/aromatic N) is 3. The number of carbonyl (C=O) groups is 1. The zero-order chi connectivity index (χ0) is 16.2. The lowest BCUT2D eigenvalue weighted by atomic mass is 10.1. The Morgan fingerprint density at radius 3 is 2.73 bits per heavy atom. The summed E-state index contributed by atoms with van der Waals surface area (Å²) in [6, 6.07) is 6.98. The molecule has 9 heteroatoms. The molecule has 0 atom stereocenters.